The number of hydrogen-bond donors (Lipinski definition) is 1. The van der Waals surface area contributed by atoms with Gasteiger partial charge in [0.15, 0.2) is 0 Å². The average Bonchev–Trinajstić information content (AvgIpc) is 2.75. The molecule has 1 nitrogen and oxygen atoms in total. The van der Waals surface area contributed by atoms with Crippen LogP contribution in [0, 0.1) is 12.3 Å². The van der Waals surface area contributed by atoms with Gasteiger partial charge in [-0.2, -0.15) is 0 Å². The number of nitrogens with one attached hydrogen (secondary N) is 1. The molecule has 0 unspecified atom stereocenters. The van der Waals surface area contributed by atoms with E-state index in [9.17, 15) is 0 Å². The van der Waals surface area contributed by atoms with Crippen molar-refractivity contribution in [1.82, 2.24) is 5.32 Å². The summed E-state index contributed by atoms with van der Waals surface area (Å²) >= 11 is 5.60. The Morgan fingerprint density at radius 2 is 2.00 bits per heavy atom. The first kappa shape index (κ1) is 15.5. The molecular weight excluding hydrogens is 318 g/mol. The summed E-state index contributed by atoms with van der Waals surface area (Å²) < 4.78 is 1.29. The Bertz CT molecular complexity index is 374. The number of rotatable bonds is 6. The number of thiophene rings is 1. The normalized spacial score (nSPS) is 18.7. The molecule has 0 bridgehead atoms. The van der Waals surface area contributed by atoms with Crippen molar-refractivity contribution in [1.29, 1.82) is 0 Å². The average molecular weight is 344 g/mol. The van der Waals surface area contributed by atoms with Crippen molar-refractivity contribution in [3.8, 4) is 0 Å². The number of halogens is 1. The second-order valence-corrected chi connectivity index (χ2v) is 8.23. The monoisotopic (exact) mass is 343 g/mol. The molecule has 108 valence electrons. The molecule has 1 aliphatic rings. The first-order valence-electron chi connectivity index (χ1n) is 7.55. The van der Waals surface area contributed by atoms with E-state index in [1.807, 2.05) is 11.3 Å². The summed E-state index contributed by atoms with van der Waals surface area (Å²) in [6.45, 7) is 3.38. The van der Waals surface area contributed by atoms with Crippen molar-refractivity contribution in [2.45, 2.75) is 58.3 Å². The van der Waals surface area contributed by atoms with E-state index in [0.717, 1.165) is 0 Å². The van der Waals surface area contributed by atoms with Crippen LogP contribution in [-0.2, 0) is 6.42 Å². The van der Waals surface area contributed by atoms with Crippen LogP contribution in [0.4, 0.5) is 0 Å². The first-order chi connectivity index (χ1) is 9.15. The lowest BCUT2D eigenvalue weighted by Gasteiger charge is -2.37. The Hall–Kier alpha value is 0.140. The van der Waals surface area contributed by atoms with Crippen molar-refractivity contribution in [3.05, 3.63) is 20.3 Å². The van der Waals surface area contributed by atoms with E-state index in [4.69, 9.17) is 0 Å². The summed E-state index contributed by atoms with van der Waals surface area (Å²) in [6.07, 6.45) is 11.2. The summed E-state index contributed by atoms with van der Waals surface area (Å²) in [5.41, 5.74) is 0.617. The molecule has 19 heavy (non-hydrogen) atoms. The third-order valence-electron chi connectivity index (χ3n) is 4.63. The van der Waals surface area contributed by atoms with Gasteiger partial charge in [0.05, 0.1) is 0 Å². The number of hydrogen-bond acceptors (Lipinski definition) is 2. The van der Waals surface area contributed by atoms with Gasteiger partial charge in [0.2, 0.25) is 0 Å². The lowest BCUT2D eigenvalue weighted by molar-refractivity contribution is 0.158. The molecule has 1 heterocycles. The number of aryl methyl sites for hydroxylation is 2. The van der Waals surface area contributed by atoms with Crippen molar-refractivity contribution in [3.63, 3.8) is 0 Å². The highest BCUT2D eigenvalue weighted by Gasteiger charge is 2.31. The van der Waals surface area contributed by atoms with E-state index < -0.39 is 0 Å². The third-order valence-corrected chi connectivity index (χ3v) is 6.83. The molecule has 1 aliphatic carbocycles. The first-order valence-corrected chi connectivity index (χ1v) is 9.16. The fraction of sp³-hybridized carbons (Fsp3) is 0.750. The van der Waals surface area contributed by atoms with Crippen LogP contribution in [0.1, 0.15) is 54.7 Å². The molecule has 0 saturated heterocycles. The largest absolute Gasteiger partial charge is 0.320 e. The van der Waals surface area contributed by atoms with E-state index in [1.54, 1.807) is 4.88 Å². The van der Waals surface area contributed by atoms with Crippen molar-refractivity contribution >= 4 is 27.3 Å². The van der Waals surface area contributed by atoms with Gasteiger partial charge >= 0.3 is 0 Å². The van der Waals surface area contributed by atoms with E-state index in [0.29, 0.717) is 5.41 Å². The molecule has 1 aromatic heterocycles. The Labute approximate surface area is 130 Å². The van der Waals surface area contributed by atoms with E-state index in [1.165, 1.54) is 67.3 Å². The van der Waals surface area contributed by atoms with Gasteiger partial charge < -0.3 is 5.32 Å². The Morgan fingerprint density at radius 3 is 2.58 bits per heavy atom. The molecule has 0 atom stereocenters. The second kappa shape index (κ2) is 7.24. The second-order valence-electron chi connectivity index (χ2n) is 6.03. The van der Waals surface area contributed by atoms with Gasteiger partial charge in [-0.05, 0) is 80.0 Å². The van der Waals surface area contributed by atoms with E-state index >= 15 is 0 Å². The van der Waals surface area contributed by atoms with Crippen LogP contribution in [0.5, 0.6) is 0 Å². The van der Waals surface area contributed by atoms with Crippen LogP contribution < -0.4 is 5.32 Å². The molecule has 3 heteroatoms. The maximum absolute atomic E-state index is 3.64. The minimum Gasteiger partial charge on any atom is -0.320 e. The third kappa shape index (κ3) is 4.30. The summed E-state index contributed by atoms with van der Waals surface area (Å²) in [6, 6.07) is 2.33. The summed E-state index contributed by atoms with van der Waals surface area (Å²) in [5.74, 6) is 0. The zero-order chi connectivity index (χ0) is 13.7. The molecule has 0 radical (unpaired) electrons. The smallest absolute Gasteiger partial charge is 0.0314 e. The lowest BCUT2D eigenvalue weighted by atomic mass is 9.69. The fourth-order valence-electron chi connectivity index (χ4n) is 3.35. The van der Waals surface area contributed by atoms with Crippen LogP contribution in [0.2, 0.25) is 0 Å². The highest BCUT2D eigenvalue weighted by Crippen LogP contribution is 2.43. The highest BCUT2D eigenvalue weighted by molar-refractivity contribution is 9.10. The van der Waals surface area contributed by atoms with E-state index in [2.05, 4.69) is 41.3 Å². The van der Waals surface area contributed by atoms with Crippen molar-refractivity contribution in [2.24, 2.45) is 5.41 Å². The standard InChI is InChI=1S/C16H26BrNS/c1-13-15(17)12-14(19-13)6-9-16(10-11-18-2)7-4-3-5-8-16/h12,18H,3-11H2,1-2H3. The predicted molar refractivity (Wildman–Crippen MR) is 89.1 cm³/mol. The molecule has 2 rings (SSSR count). The zero-order valence-corrected chi connectivity index (χ0v) is 14.6. The van der Waals surface area contributed by atoms with Crippen molar-refractivity contribution < 1.29 is 0 Å². The summed E-state index contributed by atoms with van der Waals surface area (Å²) in [4.78, 5) is 2.97. The topological polar surface area (TPSA) is 12.0 Å². The van der Waals surface area contributed by atoms with Crippen LogP contribution in [0.3, 0.4) is 0 Å². The van der Waals surface area contributed by atoms with Gasteiger partial charge in [0, 0.05) is 14.2 Å². The molecule has 1 aromatic rings. The van der Waals surface area contributed by atoms with Gasteiger partial charge in [-0.1, -0.05) is 19.3 Å². The molecule has 0 aliphatic heterocycles. The minimum atomic E-state index is 0.617. The molecule has 0 aromatic carbocycles. The van der Waals surface area contributed by atoms with E-state index in [-0.39, 0.29) is 0 Å². The summed E-state index contributed by atoms with van der Waals surface area (Å²) in [7, 11) is 2.08. The molecule has 0 spiro atoms. The lowest BCUT2D eigenvalue weighted by Crippen LogP contribution is -2.28. The predicted octanol–water partition coefficient (Wildman–Crippen LogP) is 5.31. The van der Waals surface area contributed by atoms with Gasteiger partial charge in [-0.25, -0.2) is 0 Å². The molecule has 0 amide bonds. The summed E-state index contributed by atoms with van der Waals surface area (Å²) in [5, 5.41) is 3.35. The Kier molecular flexibility index (Phi) is 5.91. The zero-order valence-electron chi connectivity index (χ0n) is 12.2. The molecular formula is C16H26BrNS. The quantitative estimate of drug-likeness (QED) is 0.737. The van der Waals surface area contributed by atoms with Crippen LogP contribution in [0.15, 0.2) is 10.5 Å². The maximum atomic E-state index is 3.64. The molecule has 1 N–H and O–H groups in total. The van der Waals surface area contributed by atoms with Crippen molar-refractivity contribution in [2.75, 3.05) is 13.6 Å². The minimum absolute atomic E-state index is 0.617. The van der Waals surface area contributed by atoms with Crippen LogP contribution in [0.25, 0.3) is 0 Å². The Balaban J connectivity index is 1.95. The molecule has 1 fully saturated rings. The van der Waals surface area contributed by atoms with Gasteiger partial charge in [0.25, 0.3) is 0 Å². The van der Waals surface area contributed by atoms with Gasteiger partial charge in [-0.3, -0.25) is 0 Å². The molecule has 1 saturated carbocycles. The maximum Gasteiger partial charge on any atom is 0.0314 e. The van der Waals surface area contributed by atoms with Crippen LogP contribution >= 0.6 is 27.3 Å². The fourth-order valence-corrected chi connectivity index (χ4v) is 4.95. The Morgan fingerprint density at radius 1 is 1.26 bits per heavy atom. The van der Waals surface area contributed by atoms with Crippen LogP contribution in [-0.4, -0.2) is 13.6 Å². The van der Waals surface area contributed by atoms with Gasteiger partial charge in [0.1, 0.15) is 0 Å². The SMILES string of the molecule is CNCCC1(CCc2cc(Br)c(C)s2)CCCCC1. The van der Waals surface area contributed by atoms with Gasteiger partial charge in [-0.15, -0.1) is 11.3 Å². The highest BCUT2D eigenvalue weighted by atomic mass is 79.9.